The maximum atomic E-state index is 12.7. The van der Waals surface area contributed by atoms with E-state index in [1.54, 1.807) is 6.21 Å². The lowest BCUT2D eigenvalue weighted by Crippen LogP contribution is -2.52. The average molecular weight is 308 g/mol. The van der Waals surface area contributed by atoms with Crippen LogP contribution in [0.5, 0.6) is 0 Å². The molecule has 1 aromatic rings. The van der Waals surface area contributed by atoms with Gasteiger partial charge in [-0.25, -0.2) is 5.43 Å². The van der Waals surface area contributed by atoms with Gasteiger partial charge in [-0.3, -0.25) is 4.79 Å². The number of allylic oxidation sites excluding steroid dienone is 1. The number of rotatable bonds is 4. The lowest BCUT2D eigenvalue weighted by molar-refractivity contribution is -0.146. The highest BCUT2D eigenvalue weighted by molar-refractivity contribution is 5.85. The van der Waals surface area contributed by atoms with Crippen molar-refractivity contribution in [3.8, 4) is 0 Å². The molecule has 3 heteroatoms. The largest absolute Gasteiger partial charge is 0.273 e. The molecule has 120 valence electrons. The van der Waals surface area contributed by atoms with Crippen LogP contribution in [0.25, 0.3) is 6.08 Å². The molecule has 0 heterocycles. The van der Waals surface area contributed by atoms with Gasteiger partial charge in [0.05, 0.1) is 5.41 Å². The van der Waals surface area contributed by atoms with Gasteiger partial charge < -0.3 is 0 Å². The molecule has 4 bridgehead atoms. The van der Waals surface area contributed by atoms with Gasteiger partial charge in [-0.15, -0.1) is 0 Å². The fraction of sp³-hybridized carbons (Fsp3) is 0.500. The molecule has 0 radical (unpaired) electrons. The zero-order chi connectivity index (χ0) is 15.7. The van der Waals surface area contributed by atoms with E-state index in [4.69, 9.17) is 0 Å². The molecule has 0 saturated heterocycles. The summed E-state index contributed by atoms with van der Waals surface area (Å²) in [5.41, 5.74) is 3.82. The Morgan fingerprint density at radius 1 is 1.04 bits per heavy atom. The van der Waals surface area contributed by atoms with Gasteiger partial charge in [0.25, 0.3) is 0 Å². The summed E-state index contributed by atoms with van der Waals surface area (Å²) >= 11 is 0. The highest BCUT2D eigenvalue weighted by atomic mass is 16.2. The van der Waals surface area contributed by atoms with Gasteiger partial charge in [0.1, 0.15) is 0 Å². The van der Waals surface area contributed by atoms with Crippen molar-refractivity contribution in [3.63, 3.8) is 0 Å². The maximum Gasteiger partial charge on any atom is 0.246 e. The molecule has 1 N–H and O–H groups in total. The van der Waals surface area contributed by atoms with Crippen LogP contribution >= 0.6 is 0 Å². The molecule has 3 nitrogen and oxygen atoms in total. The fourth-order valence-electron chi connectivity index (χ4n) is 5.36. The summed E-state index contributed by atoms with van der Waals surface area (Å²) in [6, 6.07) is 10.1. The van der Waals surface area contributed by atoms with Crippen LogP contribution in [0.4, 0.5) is 0 Å². The highest BCUT2D eigenvalue weighted by Crippen LogP contribution is 2.60. The van der Waals surface area contributed by atoms with Gasteiger partial charge in [0.15, 0.2) is 0 Å². The number of hydrazone groups is 1. The molecule has 0 aromatic heterocycles. The Bertz CT molecular complexity index is 597. The lowest BCUT2D eigenvalue weighted by atomic mass is 9.49. The van der Waals surface area contributed by atoms with E-state index in [2.05, 4.69) is 10.5 Å². The molecule has 0 aliphatic heterocycles. The van der Waals surface area contributed by atoms with Gasteiger partial charge in [-0.05, 0) is 67.9 Å². The number of hydrogen-bond acceptors (Lipinski definition) is 2. The predicted octanol–water partition coefficient (Wildman–Crippen LogP) is 4.02. The minimum atomic E-state index is -0.116. The molecule has 4 aliphatic rings. The molecule has 4 saturated carbocycles. The Morgan fingerprint density at radius 2 is 1.65 bits per heavy atom. The van der Waals surface area contributed by atoms with Crippen LogP contribution in [0.3, 0.4) is 0 Å². The van der Waals surface area contributed by atoms with Crippen molar-refractivity contribution in [2.24, 2.45) is 28.3 Å². The van der Waals surface area contributed by atoms with Crippen molar-refractivity contribution >= 4 is 18.2 Å². The van der Waals surface area contributed by atoms with Crippen LogP contribution in [-0.2, 0) is 4.79 Å². The second kappa shape index (κ2) is 5.95. The quantitative estimate of drug-likeness (QED) is 0.662. The number of hydrogen-bond donors (Lipinski definition) is 1. The second-order valence-electron chi connectivity index (χ2n) is 7.69. The average Bonchev–Trinajstić information content (AvgIpc) is 2.54. The molecule has 4 aliphatic carbocycles. The summed E-state index contributed by atoms with van der Waals surface area (Å²) in [6.07, 6.45) is 12.8. The van der Waals surface area contributed by atoms with Crippen LogP contribution in [0.1, 0.15) is 44.1 Å². The Kier molecular flexibility index (Phi) is 3.80. The van der Waals surface area contributed by atoms with Crippen molar-refractivity contribution in [1.82, 2.24) is 5.43 Å². The van der Waals surface area contributed by atoms with Gasteiger partial charge in [0.2, 0.25) is 5.91 Å². The van der Waals surface area contributed by atoms with Crippen molar-refractivity contribution in [3.05, 3.63) is 42.0 Å². The normalized spacial score (nSPS) is 35.2. The van der Waals surface area contributed by atoms with Crippen LogP contribution < -0.4 is 5.43 Å². The lowest BCUT2D eigenvalue weighted by Gasteiger charge is -2.55. The summed E-state index contributed by atoms with van der Waals surface area (Å²) < 4.78 is 0. The summed E-state index contributed by atoms with van der Waals surface area (Å²) in [5, 5.41) is 4.13. The molecular formula is C20H24N2O. The predicted molar refractivity (Wildman–Crippen MR) is 92.7 cm³/mol. The number of benzene rings is 1. The molecule has 4 fully saturated rings. The first kappa shape index (κ1) is 14.7. The number of nitrogens with one attached hydrogen (secondary N) is 1. The van der Waals surface area contributed by atoms with E-state index < -0.39 is 0 Å². The molecule has 5 rings (SSSR count). The third kappa shape index (κ3) is 2.97. The minimum absolute atomic E-state index is 0.116. The van der Waals surface area contributed by atoms with Gasteiger partial charge in [0, 0.05) is 6.21 Å². The number of carbonyl (C=O) groups is 1. The van der Waals surface area contributed by atoms with Crippen molar-refractivity contribution in [1.29, 1.82) is 0 Å². The zero-order valence-electron chi connectivity index (χ0n) is 13.4. The number of carbonyl (C=O) groups excluding carboxylic acids is 1. The van der Waals surface area contributed by atoms with Gasteiger partial charge in [-0.1, -0.05) is 36.4 Å². The zero-order valence-corrected chi connectivity index (χ0v) is 13.4. The molecule has 1 amide bonds. The van der Waals surface area contributed by atoms with Gasteiger partial charge >= 0.3 is 0 Å². The molecule has 1 aromatic carbocycles. The maximum absolute atomic E-state index is 12.7. The van der Waals surface area contributed by atoms with E-state index >= 15 is 0 Å². The Labute approximate surface area is 137 Å². The number of amides is 1. The summed E-state index contributed by atoms with van der Waals surface area (Å²) in [4.78, 5) is 12.7. The second-order valence-corrected chi connectivity index (χ2v) is 7.69. The van der Waals surface area contributed by atoms with Crippen molar-refractivity contribution in [2.75, 3.05) is 0 Å². The highest BCUT2D eigenvalue weighted by Gasteiger charge is 2.54. The van der Waals surface area contributed by atoms with E-state index in [0.29, 0.717) is 0 Å². The summed E-state index contributed by atoms with van der Waals surface area (Å²) in [7, 11) is 0. The topological polar surface area (TPSA) is 41.5 Å². The van der Waals surface area contributed by atoms with Crippen molar-refractivity contribution < 1.29 is 4.79 Å². The molecule has 0 unspecified atom stereocenters. The number of nitrogens with zero attached hydrogens (tertiary/aromatic N) is 1. The molecular weight excluding hydrogens is 284 g/mol. The first-order valence-corrected chi connectivity index (χ1v) is 8.79. The van der Waals surface area contributed by atoms with Crippen molar-refractivity contribution in [2.45, 2.75) is 38.5 Å². The Balaban J connectivity index is 1.35. The molecule has 23 heavy (non-hydrogen) atoms. The third-order valence-corrected chi connectivity index (χ3v) is 5.93. The molecule has 0 atom stereocenters. The Morgan fingerprint density at radius 3 is 2.26 bits per heavy atom. The van der Waals surface area contributed by atoms with Gasteiger partial charge in [-0.2, -0.15) is 5.10 Å². The molecule has 0 spiro atoms. The standard InChI is InChI=1S/C20H24N2O/c23-19(22-21-8-4-7-15-5-2-1-3-6-15)20-12-16-9-17(13-20)11-18(10-16)14-20/h1-8,16-18H,9-14H2,(H,22,23)/b7-4+,21-8+. The van der Waals surface area contributed by atoms with Crippen LogP contribution in [0.15, 0.2) is 41.5 Å². The van der Waals surface area contributed by atoms with Crippen LogP contribution in [-0.4, -0.2) is 12.1 Å². The first-order chi connectivity index (χ1) is 11.2. The Hall–Kier alpha value is -1.90. The fourth-order valence-corrected chi connectivity index (χ4v) is 5.36. The van der Waals surface area contributed by atoms with Crippen LogP contribution in [0.2, 0.25) is 0 Å². The first-order valence-electron chi connectivity index (χ1n) is 8.79. The monoisotopic (exact) mass is 308 g/mol. The van der Waals surface area contributed by atoms with Crippen LogP contribution in [0, 0.1) is 23.2 Å². The van der Waals surface area contributed by atoms with E-state index in [0.717, 1.165) is 42.6 Å². The SMILES string of the molecule is O=C(N/N=C/C=C/c1ccccc1)C12CC3CC(CC(C3)C1)C2. The van der Waals surface area contributed by atoms with E-state index in [1.807, 2.05) is 42.5 Å². The van der Waals surface area contributed by atoms with E-state index in [9.17, 15) is 4.79 Å². The van der Waals surface area contributed by atoms with E-state index in [1.165, 1.54) is 19.3 Å². The summed E-state index contributed by atoms with van der Waals surface area (Å²) in [5.74, 6) is 2.51. The minimum Gasteiger partial charge on any atom is -0.273 e. The summed E-state index contributed by atoms with van der Waals surface area (Å²) in [6.45, 7) is 0. The smallest absolute Gasteiger partial charge is 0.246 e. The third-order valence-electron chi connectivity index (χ3n) is 5.93. The van der Waals surface area contributed by atoms with E-state index in [-0.39, 0.29) is 11.3 Å².